The minimum Gasteiger partial charge on any atom is -1.00 e. The van der Waals surface area contributed by atoms with Crippen molar-refractivity contribution in [3.63, 3.8) is 0 Å². The van der Waals surface area contributed by atoms with Crippen molar-refractivity contribution in [3.05, 3.63) is 41.7 Å². The molecule has 0 aromatic carbocycles. The van der Waals surface area contributed by atoms with E-state index in [1.807, 2.05) is 0 Å². The van der Waals surface area contributed by atoms with Gasteiger partial charge in [-0.15, -0.1) is 0 Å². The summed E-state index contributed by atoms with van der Waals surface area (Å²) in [7, 11) is 0.958. The average Bonchev–Trinajstić information content (AvgIpc) is 2.74. The molecular weight excluding hydrogens is 318 g/mol. The van der Waals surface area contributed by atoms with Gasteiger partial charge in [-0.3, -0.25) is 0 Å². The maximum absolute atomic E-state index is 2.63. The molecule has 0 spiro atoms. The predicted octanol–water partition coefficient (Wildman–Crippen LogP) is -1.37. The minimum atomic E-state index is -2.53. The fourth-order valence-corrected chi connectivity index (χ4v) is 15.0. The Morgan fingerprint density at radius 2 is 1.94 bits per heavy atom. The zero-order chi connectivity index (χ0) is 11.5. The van der Waals surface area contributed by atoms with Gasteiger partial charge in [-0.1, -0.05) is 0 Å². The van der Waals surface area contributed by atoms with Crippen LogP contribution in [0.5, 0.6) is 0 Å². The van der Waals surface area contributed by atoms with Gasteiger partial charge in [-0.05, 0) is 0 Å². The maximum atomic E-state index is 2.63. The molecule has 0 bridgehead atoms. The quantitative estimate of drug-likeness (QED) is 0.584. The molecule has 0 saturated heterocycles. The van der Waals surface area contributed by atoms with Crippen LogP contribution in [-0.2, 0) is 15.3 Å². The van der Waals surface area contributed by atoms with E-state index in [0.717, 1.165) is 8.19 Å². The largest absolute Gasteiger partial charge is 1.00 e. The summed E-state index contributed by atoms with van der Waals surface area (Å²) in [5.74, 6) is 2.35. The zero-order valence-corrected chi connectivity index (χ0v) is 15.2. The molecule has 1 aromatic heterocycles. The molecule has 1 aromatic rings. The van der Waals surface area contributed by atoms with Crippen LogP contribution < -0.4 is 28.4 Å². The van der Waals surface area contributed by atoms with E-state index >= 15 is 0 Å². The van der Waals surface area contributed by atoms with E-state index in [0.29, 0.717) is 3.72 Å². The molecule has 99 valence electrons. The molecule has 0 amide bonds. The summed E-state index contributed by atoms with van der Waals surface area (Å²) < 4.78 is 2.30. The molecule has 1 heterocycles. The monoisotopic (exact) mass is 337 g/mol. The van der Waals surface area contributed by atoms with Crippen LogP contribution in [0.1, 0.15) is 12.8 Å². The first-order chi connectivity index (χ1) is 7.45. The van der Waals surface area contributed by atoms with Crippen molar-refractivity contribution in [1.29, 1.82) is 0 Å². The first-order valence-electron chi connectivity index (χ1n) is 6.20. The summed E-state index contributed by atoms with van der Waals surface area (Å²) >= 11 is -2.53. The summed E-state index contributed by atoms with van der Waals surface area (Å²) in [6, 6.07) is 4.69. The van der Waals surface area contributed by atoms with E-state index in [1.54, 1.807) is 9.17 Å². The average molecular weight is 338 g/mol. The second-order valence-electron chi connectivity index (χ2n) is 6.73. The normalized spacial score (nSPS) is 25.9. The van der Waals surface area contributed by atoms with E-state index < -0.39 is 15.3 Å². The summed E-state index contributed by atoms with van der Waals surface area (Å²) in [6.45, 7) is 0. The molecule has 1 fully saturated rings. The molecule has 2 aliphatic rings. The first kappa shape index (κ1) is 16.6. The van der Waals surface area contributed by atoms with Crippen LogP contribution in [0.2, 0.25) is 19.4 Å². The molecule has 4 heteroatoms. The van der Waals surface area contributed by atoms with Crippen LogP contribution in [0, 0.1) is 0 Å². The number of halogens is 2. The Balaban J connectivity index is 0.000000810. The van der Waals surface area contributed by atoms with Crippen molar-refractivity contribution < 1.29 is 40.1 Å². The van der Waals surface area contributed by atoms with Crippen LogP contribution in [0.4, 0.5) is 0 Å². The third-order valence-corrected chi connectivity index (χ3v) is 19.5. The van der Waals surface area contributed by atoms with Crippen LogP contribution in [0.3, 0.4) is 0 Å². The number of hydrogen-bond donors (Lipinski definition) is 0. The molecule has 0 N–H and O–H groups in total. The molecule has 18 heavy (non-hydrogen) atoms. The minimum absolute atomic E-state index is 0. The van der Waals surface area contributed by atoms with Gasteiger partial charge >= 0.3 is 101 Å². The van der Waals surface area contributed by atoms with E-state index in [4.69, 9.17) is 0 Å². The predicted molar refractivity (Wildman–Crippen MR) is 72.3 cm³/mol. The van der Waals surface area contributed by atoms with Crippen LogP contribution >= 0.6 is 8.19 Å². The number of rotatable bonds is 2. The zero-order valence-electron chi connectivity index (χ0n) is 11.1. The summed E-state index contributed by atoms with van der Waals surface area (Å²) in [5.41, 5.74) is 1.73. The molecule has 0 aliphatic heterocycles. The third kappa shape index (κ3) is 1.85. The van der Waals surface area contributed by atoms with Gasteiger partial charge in [0.2, 0.25) is 0 Å². The standard InChI is InChI=1S/C7H7.C4H4P.3CH3.2ClH.Ti/c1-2-6-4-5-7(6)3-1;1-2-4-5-3-1;;;;;;/h1-3H,4-5H2;1-3,5H;3*1H3;2*1H;/q;;;;;;;+2/p-2. The van der Waals surface area contributed by atoms with Gasteiger partial charge in [0.1, 0.15) is 0 Å². The topological polar surface area (TPSA) is 0 Å². The van der Waals surface area contributed by atoms with Crippen molar-refractivity contribution in [2.75, 3.05) is 0 Å². The van der Waals surface area contributed by atoms with Crippen molar-refractivity contribution in [2.24, 2.45) is 0 Å². The summed E-state index contributed by atoms with van der Waals surface area (Å²) in [4.78, 5) is 0. The molecule has 2 aliphatic carbocycles. The second-order valence-corrected chi connectivity index (χ2v) is 20.7. The summed E-state index contributed by atoms with van der Waals surface area (Å²) in [5, 5.41) is 7.89. The fourth-order valence-electron chi connectivity index (χ4n) is 3.70. The number of fused-ring (bicyclic) bond motifs is 1. The second kappa shape index (κ2) is 4.83. The van der Waals surface area contributed by atoms with Gasteiger partial charge in [0, 0.05) is 0 Å². The Kier molecular flexibility index (Phi) is 4.46. The van der Waals surface area contributed by atoms with Gasteiger partial charge in [0.15, 0.2) is 0 Å². The molecule has 0 radical (unpaired) electrons. The smallest absolute Gasteiger partial charge is 1.00 e. The van der Waals surface area contributed by atoms with Gasteiger partial charge in [0.05, 0.1) is 0 Å². The van der Waals surface area contributed by atoms with Crippen LogP contribution in [-0.4, -0.2) is 0 Å². The SMILES string of the molecule is [CH3][Ti+2]([CH3])([CH3])([c]1ccc[pH]1)[C]12C=CC=C1CC2.[Cl-].[Cl-]. The van der Waals surface area contributed by atoms with Gasteiger partial charge < -0.3 is 24.8 Å². The maximum Gasteiger partial charge on any atom is -1.00 e. The Hall–Kier alpha value is 0.554. The Labute approximate surface area is 125 Å². The van der Waals surface area contributed by atoms with Crippen molar-refractivity contribution in [2.45, 2.75) is 32.2 Å². The Bertz CT molecular complexity index is 494. The number of allylic oxidation sites excluding steroid dienone is 4. The Morgan fingerprint density at radius 3 is 2.39 bits per heavy atom. The molecule has 2 atom stereocenters. The van der Waals surface area contributed by atoms with E-state index in [-0.39, 0.29) is 24.8 Å². The van der Waals surface area contributed by atoms with Crippen LogP contribution in [0.15, 0.2) is 41.7 Å². The third-order valence-electron chi connectivity index (χ3n) is 5.14. The summed E-state index contributed by atoms with van der Waals surface area (Å²) in [6.07, 6.45) is 9.97. The molecule has 2 unspecified atom stereocenters. The molecule has 1 saturated carbocycles. The fraction of sp³-hybridized carbons (Fsp3) is 0.429. The molecule has 0 nitrogen and oxygen atoms in total. The van der Waals surface area contributed by atoms with Crippen molar-refractivity contribution in [1.82, 2.24) is 0 Å². The van der Waals surface area contributed by atoms with Crippen LogP contribution in [0.25, 0.3) is 0 Å². The van der Waals surface area contributed by atoms with Crippen molar-refractivity contribution in [3.8, 4) is 0 Å². The molecule has 3 rings (SSSR count). The Morgan fingerprint density at radius 1 is 1.22 bits per heavy atom. The van der Waals surface area contributed by atoms with E-state index in [2.05, 4.69) is 51.8 Å². The van der Waals surface area contributed by atoms with E-state index in [1.165, 1.54) is 12.8 Å². The first-order valence-corrected chi connectivity index (χ1v) is 13.5. The van der Waals surface area contributed by atoms with Gasteiger partial charge in [-0.25, -0.2) is 0 Å². The number of hydrogen-bond acceptors (Lipinski definition) is 0. The van der Waals surface area contributed by atoms with Crippen molar-refractivity contribution >= 4 is 11.8 Å². The van der Waals surface area contributed by atoms with E-state index in [9.17, 15) is 0 Å². The molecular formula is C14H20Cl2PTi. The van der Waals surface area contributed by atoms with Gasteiger partial charge in [0.25, 0.3) is 0 Å². The van der Waals surface area contributed by atoms with Gasteiger partial charge in [-0.2, -0.15) is 0 Å².